The van der Waals surface area contributed by atoms with Crippen LogP contribution < -0.4 is 4.90 Å². The molecule has 6 nitrogen and oxygen atoms in total. The first-order valence-electron chi connectivity index (χ1n) is 10.0. The smallest absolute Gasteiger partial charge is 0.253 e. The zero-order chi connectivity index (χ0) is 21.9. The summed E-state index contributed by atoms with van der Waals surface area (Å²) in [6, 6.07) is 13.0. The van der Waals surface area contributed by atoms with Crippen LogP contribution in [0, 0.1) is 0 Å². The first-order chi connectivity index (χ1) is 14.2. The Balaban J connectivity index is 1.73. The first-order valence-corrected chi connectivity index (χ1v) is 12.2. The lowest BCUT2D eigenvalue weighted by atomic mass is 10.1. The lowest BCUT2D eigenvalue weighted by molar-refractivity contribution is 0.0785. The molecule has 1 aliphatic rings. The Hall–Kier alpha value is -1.90. The van der Waals surface area contributed by atoms with E-state index < -0.39 is 10.0 Å². The standard InChI is InChI=1S/C22H28BrN3O3S/c1-24(2)30(28,29)21-15-18(9-12-20(21)23)22(27)25(3)16-17-7-10-19(11-8-17)26-13-5-4-6-14-26/h7-12,15H,4-6,13-14,16H2,1-3H3. The Morgan fingerprint density at radius 3 is 2.23 bits per heavy atom. The molecule has 0 unspecified atom stereocenters. The second kappa shape index (κ2) is 9.49. The molecular weight excluding hydrogens is 466 g/mol. The second-order valence-corrected chi connectivity index (χ2v) is 10.8. The molecule has 0 aliphatic carbocycles. The molecule has 1 heterocycles. The first kappa shape index (κ1) is 22.8. The van der Waals surface area contributed by atoms with Crippen LogP contribution in [0.15, 0.2) is 51.8 Å². The third kappa shape index (κ3) is 5.04. The van der Waals surface area contributed by atoms with Crippen LogP contribution >= 0.6 is 15.9 Å². The van der Waals surface area contributed by atoms with Gasteiger partial charge in [-0.2, -0.15) is 0 Å². The zero-order valence-electron chi connectivity index (χ0n) is 17.6. The summed E-state index contributed by atoms with van der Waals surface area (Å²) in [6.07, 6.45) is 3.77. The Bertz CT molecular complexity index is 1000. The monoisotopic (exact) mass is 493 g/mol. The molecule has 0 N–H and O–H groups in total. The molecule has 2 aromatic carbocycles. The summed E-state index contributed by atoms with van der Waals surface area (Å²) in [5, 5.41) is 0. The number of nitrogens with zero attached hydrogens (tertiary/aromatic N) is 3. The molecular formula is C22H28BrN3O3S. The van der Waals surface area contributed by atoms with E-state index in [4.69, 9.17) is 0 Å². The van der Waals surface area contributed by atoms with E-state index in [1.165, 1.54) is 45.1 Å². The highest BCUT2D eigenvalue weighted by Gasteiger charge is 2.23. The number of hydrogen-bond acceptors (Lipinski definition) is 4. The molecule has 0 radical (unpaired) electrons. The van der Waals surface area contributed by atoms with Crippen molar-refractivity contribution in [3.63, 3.8) is 0 Å². The lowest BCUT2D eigenvalue weighted by Gasteiger charge is -2.29. The third-order valence-corrected chi connectivity index (χ3v) is 8.17. The minimum Gasteiger partial charge on any atom is -0.372 e. The van der Waals surface area contributed by atoms with Gasteiger partial charge in [0.25, 0.3) is 5.91 Å². The van der Waals surface area contributed by atoms with Gasteiger partial charge >= 0.3 is 0 Å². The van der Waals surface area contributed by atoms with E-state index in [1.54, 1.807) is 24.1 Å². The second-order valence-electron chi connectivity index (χ2n) is 7.81. The predicted molar refractivity (Wildman–Crippen MR) is 123 cm³/mol. The Morgan fingerprint density at radius 2 is 1.63 bits per heavy atom. The van der Waals surface area contributed by atoms with Crippen LogP contribution in [-0.4, -0.2) is 57.8 Å². The van der Waals surface area contributed by atoms with Gasteiger partial charge in [-0.05, 0) is 71.1 Å². The fourth-order valence-corrected chi connectivity index (χ4v) is 5.41. The molecule has 0 spiro atoms. The van der Waals surface area contributed by atoms with Crippen molar-refractivity contribution in [2.24, 2.45) is 0 Å². The van der Waals surface area contributed by atoms with Gasteiger partial charge in [0, 0.05) is 56.5 Å². The molecule has 1 saturated heterocycles. The van der Waals surface area contributed by atoms with Crippen LogP contribution in [0.1, 0.15) is 35.2 Å². The molecule has 8 heteroatoms. The summed E-state index contributed by atoms with van der Waals surface area (Å²) < 4.78 is 26.6. The van der Waals surface area contributed by atoms with Crippen molar-refractivity contribution in [2.75, 3.05) is 39.1 Å². The number of benzene rings is 2. The van der Waals surface area contributed by atoms with Gasteiger partial charge < -0.3 is 9.80 Å². The number of hydrogen-bond donors (Lipinski definition) is 0. The van der Waals surface area contributed by atoms with Crippen molar-refractivity contribution in [1.82, 2.24) is 9.21 Å². The summed E-state index contributed by atoms with van der Waals surface area (Å²) in [5.74, 6) is -0.224. The molecule has 1 fully saturated rings. The van der Waals surface area contributed by atoms with Crippen LogP contribution in [0.3, 0.4) is 0 Å². The fraction of sp³-hybridized carbons (Fsp3) is 0.409. The molecule has 1 amide bonds. The molecule has 0 bridgehead atoms. The van der Waals surface area contributed by atoms with Gasteiger partial charge in [0.15, 0.2) is 0 Å². The molecule has 0 aromatic heterocycles. The number of halogens is 1. The number of carbonyl (C=O) groups excluding carboxylic acids is 1. The van der Waals surface area contributed by atoms with Crippen molar-refractivity contribution in [3.05, 3.63) is 58.1 Å². The molecule has 30 heavy (non-hydrogen) atoms. The normalized spacial score (nSPS) is 14.8. The van der Waals surface area contributed by atoms with E-state index >= 15 is 0 Å². The van der Waals surface area contributed by atoms with Gasteiger partial charge in [-0.15, -0.1) is 0 Å². The average molecular weight is 494 g/mol. The number of sulfonamides is 1. The van der Waals surface area contributed by atoms with Gasteiger partial charge in [-0.3, -0.25) is 4.79 Å². The highest BCUT2D eigenvalue weighted by atomic mass is 79.9. The Kier molecular flexibility index (Phi) is 7.21. The van der Waals surface area contributed by atoms with Gasteiger partial charge in [0.2, 0.25) is 10.0 Å². The minimum absolute atomic E-state index is 0.0811. The van der Waals surface area contributed by atoms with Gasteiger partial charge in [0.05, 0.1) is 4.90 Å². The number of amides is 1. The van der Waals surface area contributed by atoms with E-state index in [0.29, 0.717) is 16.6 Å². The fourth-order valence-electron chi connectivity index (χ4n) is 3.56. The number of piperidine rings is 1. The zero-order valence-corrected chi connectivity index (χ0v) is 20.0. The maximum absolute atomic E-state index is 12.9. The van der Waals surface area contributed by atoms with E-state index in [2.05, 4.69) is 45.1 Å². The van der Waals surface area contributed by atoms with Crippen molar-refractivity contribution in [1.29, 1.82) is 0 Å². The quantitative estimate of drug-likeness (QED) is 0.610. The molecule has 162 valence electrons. The molecule has 1 aliphatic heterocycles. The number of rotatable bonds is 6. The summed E-state index contributed by atoms with van der Waals surface area (Å²) >= 11 is 3.28. The highest BCUT2D eigenvalue weighted by molar-refractivity contribution is 9.10. The van der Waals surface area contributed by atoms with Crippen molar-refractivity contribution < 1.29 is 13.2 Å². The summed E-state index contributed by atoms with van der Waals surface area (Å²) in [7, 11) is 1.01. The van der Waals surface area contributed by atoms with Crippen LogP contribution in [0.2, 0.25) is 0 Å². The number of carbonyl (C=O) groups is 1. The van der Waals surface area contributed by atoms with Gasteiger partial charge in [0.1, 0.15) is 0 Å². The summed E-state index contributed by atoms with van der Waals surface area (Å²) in [4.78, 5) is 17.0. The van der Waals surface area contributed by atoms with E-state index in [0.717, 1.165) is 23.0 Å². The molecule has 0 saturated carbocycles. The molecule has 2 aromatic rings. The third-order valence-electron chi connectivity index (χ3n) is 5.36. The van der Waals surface area contributed by atoms with E-state index in [-0.39, 0.29) is 10.8 Å². The highest BCUT2D eigenvalue weighted by Crippen LogP contribution is 2.26. The average Bonchev–Trinajstić information content (AvgIpc) is 2.74. The van der Waals surface area contributed by atoms with Crippen molar-refractivity contribution >= 4 is 37.5 Å². The van der Waals surface area contributed by atoms with Crippen molar-refractivity contribution in [2.45, 2.75) is 30.7 Å². The lowest BCUT2D eigenvalue weighted by Crippen LogP contribution is -2.29. The van der Waals surface area contributed by atoms with E-state index in [9.17, 15) is 13.2 Å². The van der Waals surface area contributed by atoms with Crippen LogP contribution in [-0.2, 0) is 16.6 Å². The topological polar surface area (TPSA) is 60.9 Å². The minimum atomic E-state index is -3.65. The summed E-state index contributed by atoms with van der Waals surface area (Å²) in [5.41, 5.74) is 2.59. The van der Waals surface area contributed by atoms with Crippen LogP contribution in [0.5, 0.6) is 0 Å². The summed E-state index contributed by atoms with van der Waals surface area (Å²) in [6.45, 7) is 2.64. The Labute approximate surface area is 187 Å². The molecule has 0 atom stereocenters. The Morgan fingerprint density at radius 1 is 1.00 bits per heavy atom. The van der Waals surface area contributed by atoms with Crippen molar-refractivity contribution in [3.8, 4) is 0 Å². The molecule has 3 rings (SSSR count). The van der Waals surface area contributed by atoms with Crippen LogP contribution in [0.25, 0.3) is 0 Å². The largest absolute Gasteiger partial charge is 0.372 e. The van der Waals surface area contributed by atoms with Gasteiger partial charge in [-0.25, -0.2) is 12.7 Å². The maximum Gasteiger partial charge on any atom is 0.253 e. The predicted octanol–water partition coefficient (Wildman–Crippen LogP) is 3.96. The SMILES string of the molecule is CN(Cc1ccc(N2CCCCC2)cc1)C(=O)c1ccc(Br)c(S(=O)(=O)N(C)C)c1. The van der Waals surface area contributed by atoms with E-state index in [1.807, 2.05) is 0 Å². The number of anilines is 1. The maximum atomic E-state index is 12.9. The van der Waals surface area contributed by atoms with Crippen LogP contribution in [0.4, 0.5) is 5.69 Å². The van der Waals surface area contributed by atoms with Gasteiger partial charge in [-0.1, -0.05) is 12.1 Å².